The molecule has 0 unspecified atom stereocenters. The third-order valence-electron chi connectivity index (χ3n) is 9.28. The van der Waals surface area contributed by atoms with Crippen molar-refractivity contribution in [2.75, 3.05) is 27.3 Å². The fourth-order valence-corrected chi connectivity index (χ4v) is 5.94. The van der Waals surface area contributed by atoms with Crippen LogP contribution in [0.5, 0.6) is 0 Å². The number of allylic oxidation sites excluding steroid dienone is 7. The molecule has 7 atom stereocenters. The average Bonchev–Trinajstić information content (AvgIpc) is 3.63. The van der Waals surface area contributed by atoms with Crippen molar-refractivity contribution in [1.29, 1.82) is 0 Å². The van der Waals surface area contributed by atoms with Crippen LogP contribution >= 0.6 is 0 Å². The molecule has 2 rings (SSSR count). The van der Waals surface area contributed by atoms with Crippen molar-refractivity contribution in [1.82, 2.24) is 15.2 Å². The standard InChI is InChI=1S/C35H51N3O10/c1-23(15-11-8-9-12-16-26-20-36-22-48-26)29(41)33(4,5)31(43)37-18-14-10-13-17-27(40)24(2)19-28(47-7)35(46)25(3)30(42)38(6)34(35,21-39)32(44)45/h8-15,17,20,22,24-25,27-29,39-41,46H,16,18-19,21H2,1-7H3,(H,37,43)(H,44,45)/b11-8+,12-9+,14-10?,17-13-,23-15-/t24-,25+,27+,28+,29-,34-,35-/m1/s1. The van der Waals surface area contributed by atoms with Crippen molar-refractivity contribution in [3.63, 3.8) is 0 Å². The lowest BCUT2D eigenvalue weighted by Crippen LogP contribution is -2.70. The number of aliphatic hydroxyl groups is 4. The maximum atomic E-state index is 12.9. The summed E-state index contributed by atoms with van der Waals surface area (Å²) >= 11 is 0. The van der Waals surface area contributed by atoms with Crippen molar-refractivity contribution in [2.45, 2.75) is 76.9 Å². The topological polar surface area (TPSA) is 203 Å². The number of rotatable bonds is 18. The first-order valence-corrected chi connectivity index (χ1v) is 15.8. The summed E-state index contributed by atoms with van der Waals surface area (Å²) in [5.74, 6) is -3.56. The minimum atomic E-state index is -2.33. The van der Waals surface area contributed by atoms with Gasteiger partial charge < -0.3 is 44.9 Å². The zero-order valence-corrected chi connectivity index (χ0v) is 28.7. The van der Waals surface area contributed by atoms with Gasteiger partial charge in [-0.1, -0.05) is 68.5 Å². The van der Waals surface area contributed by atoms with Gasteiger partial charge in [-0.2, -0.15) is 0 Å². The number of likely N-dealkylation sites (N-methyl/N-ethyl adjacent to an activating group) is 1. The summed E-state index contributed by atoms with van der Waals surface area (Å²) in [5.41, 5.74) is -5.11. The molecule has 0 bridgehead atoms. The summed E-state index contributed by atoms with van der Waals surface area (Å²) in [6, 6.07) is 0. The Morgan fingerprint density at radius 1 is 1.19 bits per heavy atom. The van der Waals surface area contributed by atoms with Gasteiger partial charge in [0.1, 0.15) is 11.4 Å². The Kier molecular flexibility index (Phi) is 14.7. The van der Waals surface area contributed by atoms with Gasteiger partial charge in [-0.3, -0.25) is 9.59 Å². The molecule has 13 heteroatoms. The van der Waals surface area contributed by atoms with Crippen molar-refractivity contribution < 1.29 is 49.1 Å². The van der Waals surface area contributed by atoms with E-state index in [2.05, 4.69) is 10.3 Å². The highest BCUT2D eigenvalue weighted by Gasteiger charge is 2.72. The Hall–Kier alpha value is -3.88. The largest absolute Gasteiger partial charge is 0.479 e. The first kappa shape index (κ1) is 40.3. The fraction of sp³-hybridized carbons (Fsp3) is 0.543. The molecule has 0 radical (unpaired) electrons. The molecule has 0 aliphatic carbocycles. The van der Waals surface area contributed by atoms with Crippen molar-refractivity contribution in [3.05, 3.63) is 78.6 Å². The molecule has 2 heterocycles. The molecular weight excluding hydrogens is 622 g/mol. The molecule has 2 amide bonds. The number of methoxy groups -OCH3 is 1. The van der Waals surface area contributed by atoms with E-state index in [1.165, 1.54) is 33.6 Å². The number of hydrogen-bond acceptors (Lipinski definition) is 10. The minimum absolute atomic E-state index is 0.0275. The number of nitrogens with one attached hydrogen (secondary N) is 1. The van der Waals surface area contributed by atoms with Gasteiger partial charge in [-0.05, 0) is 38.7 Å². The van der Waals surface area contributed by atoms with Crippen LogP contribution in [-0.2, 0) is 25.5 Å². The summed E-state index contributed by atoms with van der Waals surface area (Å²) in [5, 5.41) is 56.2. The van der Waals surface area contributed by atoms with E-state index >= 15 is 0 Å². The number of oxazole rings is 1. The molecule has 1 aliphatic rings. The van der Waals surface area contributed by atoms with Crippen LogP contribution in [0, 0.1) is 17.3 Å². The quantitative estimate of drug-likeness (QED) is 0.124. The lowest BCUT2D eigenvalue weighted by atomic mass is 9.70. The van der Waals surface area contributed by atoms with Gasteiger partial charge in [0, 0.05) is 27.1 Å². The molecule has 1 fully saturated rings. The van der Waals surface area contributed by atoms with E-state index in [0.717, 1.165) is 10.7 Å². The molecule has 13 nitrogen and oxygen atoms in total. The third-order valence-corrected chi connectivity index (χ3v) is 9.28. The number of hydrogen-bond donors (Lipinski definition) is 6. The second-order valence-electron chi connectivity index (χ2n) is 12.7. The SMILES string of the molecule is CO[C@@H](C[C@@H](C)[C@@H](O)/C=C\C=CCNC(=O)C(C)(C)[C@H](O)\C(C)=C/C=C/C=C/Cc1cnco1)[C@]1(O)[C@@H](C)C(=O)N(C)[C@]1(CO)C(=O)O. The molecule has 266 valence electrons. The number of aliphatic carboxylic acids is 1. The lowest BCUT2D eigenvalue weighted by Gasteiger charge is -2.46. The van der Waals surface area contributed by atoms with Crippen LogP contribution in [0.1, 0.15) is 46.8 Å². The maximum Gasteiger partial charge on any atom is 0.335 e. The van der Waals surface area contributed by atoms with Gasteiger partial charge in [-0.15, -0.1) is 0 Å². The van der Waals surface area contributed by atoms with Crippen molar-refractivity contribution >= 4 is 17.8 Å². The van der Waals surface area contributed by atoms with Gasteiger partial charge in [0.15, 0.2) is 11.9 Å². The predicted octanol–water partition coefficient (Wildman–Crippen LogP) is 1.95. The number of ether oxygens (including phenoxy) is 1. The summed E-state index contributed by atoms with van der Waals surface area (Å²) < 4.78 is 10.7. The number of carboxylic acids is 1. The normalized spacial score (nSPS) is 25.1. The molecule has 0 saturated carbocycles. The molecule has 6 N–H and O–H groups in total. The number of carbonyl (C=O) groups is 3. The Morgan fingerprint density at radius 2 is 1.85 bits per heavy atom. The monoisotopic (exact) mass is 673 g/mol. The van der Waals surface area contributed by atoms with E-state index in [9.17, 15) is 39.9 Å². The summed E-state index contributed by atoms with van der Waals surface area (Å²) in [6.45, 7) is 7.25. The van der Waals surface area contributed by atoms with Crippen molar-refractivity contribution in [3.8, 4) is 0 Å². The zero-order valence-electron chi connectivity index (χ0n) is 28.7. The second kappa shape index (κ2) is 17.5. The molecule has 1 aliphatic heterocycles. The fourth-order valence-electron chi connectivity index (χ4n) is 5.94. The van der Waals surface area contributed by atoms with E-state index in [1.807, 2.05) is 18.2 Å². The maximum absolute atomic E-state index is 12.9. The smallest absolute Gasteiger partial charge is 0.335 e. The second-order valence-corrected chi connectivity index (χ2v) is 12.7. The van der Waals surface area contributed by atoms with E-state index in [-0.39, 0.29) is 18.9 Å². The van der Waals surface area contributed by atoms with Crippen LogP contribution in [-0.4, -0.2) is 110 Å². The number of carboxylic acid groups (broad SMARTS) is 1. The van der Waals surface area contributed by atoms with E-state index in [4.69, 9.17) is 9.15 Å². The Bertz CT molecular complexity index is 1380. The lowest BCUT2D eigenvalue weighted by molar-refractivity contribution is -0.198. The van der Waals surface area contributed by atoms with E-state index < -0.39 is 65.2 Å². The van der Waals surface area contributed by atoms with Crippen molar-refractivity contribution in [2.24, 2.45) is 17.3 Å². The predicted molar refractivity (Wildman–Crippen MR) is 178 cm³/mol. The number of nitrogens with zero attached hydrogens (tertiary/aromatic N) is 2. The van der Waals surface area contributed by atoms with Crippen LogP contribution in [0.25, 0.3) is 0 Å². The highest BCUT2D eigenvalue weighted by molar-refractivity contribution is 5.95. The van der Waals surface area contributed by atoms with Crippen LogP contribution in [0.3, 0.4) is 0 Å². The Balaban J connectivity index is 1.92. The zero-order chi connectivity index (χ0) is 36.3. The van der Waals surface area contributed by atoms with Gasteiger partial charge in [0.05, 0.1) is 42.4 Å². The minimum Gasteiger partial charge on any atom is -0.479 e. The molecule has 48 heavy (non-hydrogen) atoms. The van der Waals surface area contributed by atoms with Crippen LogP contribution < -0.4 is 5.32 Å². The third kappa shape index (κ3) is 8.58. The highest BCUT2D eigenvalue weighted by Crippen LogP contribution is 2.47. The number of likely N-dealkylation sites (tertiary alicyclic amines) is 1. The average molecular weight is 674 g/mol. The van der Waals surface area contributed by atoms with Gasteiger partial charge in [0.25, 0.3) is 0 Å². The molecule has 1 aromatic heterocycles. The van der Waals surface area contributed by atoms with Crippen LogP contribution in [0.2, 0.25) is 0 Å². The summed E-state index contributed by atoms with van der Waals surface area (Å²) in [7, 11) is 2.49. The van der Waals surface area contributed by atoms with Gasteiger partial charge in [-0.25, -0.2) is 9.78 Å². The number of amides is 2. The molecular formula is C35H51N3O10. The van der Waals surface area contributed by atoms with Gasteiger partial charge >= 0.3 is 5.97 Å². The Morgan fingerprint density at radius 3 is 2.44 bits per heavy atom. The summed E-state index contributed by atoms with van der Waals surface area (Å²) in [6.07, 6.45) is 15.8. The van der Waals surface area contributed by atoms with Crippen LogP contribution in [0.4, 0.5) is 0 Å². The number of aromatic nitrogens is 1. The van der Waals surface area contributed by atoms with Crippen LogP contribution in [0.15, 0.2) is 77.3 Å². The summed E-state index contributed by atoms with van der Waals surface area (Å²) in [4.78, 5) is 42.6. The van der Waals surface area contributed by atoms with E-state index in [1.54, 1.807) is 64.3 Å². The van der Waals surface area contributed by atoms with Gasteiger partial charge in [0.2, 0.25) is 11.8 Å². The highest BCUT2D eigenvalue weighted by atomic mass is 16.5. The molecule has 0 spiro atoms. The first-order valence-electron chi connectivity index (χ1n) is 15.8. The number of aliphatic hydroxyl groups excluding tert-OH is 3. The molecule has 1 aromatic rings. The first-order chi connectivity index (χ1) is 22.5. The van der Waals surface area contributed by atoms with E-state index in [0.29, 0.717) is 12.0 Å². The molecule has 0 aromatic carbocycles. The Labute approximate surface area is 282 Å². The number of carbonyl (C=O) groups excluding carboxylic acids is 2. The molecule has 1 saturated heterocycles.